The molecule has 0 bridgehead atoms. The summed E-state index contributed by atoms with van der Waals surface area (Å²) in [5.41, 5.74) is 0. The van der Waals surface area contributed by atoms with Crippen molar-refractivity contribution in [1.82, 2.24) is 9.80 Å². The van der Waals surface area contributed by atoms with Gasteiger partial charge in [0, 0.05) is 32.1 Å². The molecular formula is C15H22N2O4. The minimum Gasteiger partial charge on any atom is -0.481 e. The molecule has 0 unspecified atom stereocenters. The molecule has 1 saturated carbocycles. The lowest BCUT2D eigenvalue weighted by Crippen LogP contribution is -2.38. The molecule has 2 aliphatic heterocycles. The zero-order valence-corrected chi connectivity index (χ0v) is 12.2. The van der Waals surface area contributed by atoms with E-state index < -0.39 is 11.9 Å². The molecule has 0 aromatic carbocycles. The van der Waals surface area contributed by atoms with E-state index in [-0.39, 0.29) is 17.7 Å². The van der Waals surface area contributed by atoms with Crippen LogP contribution in [0.5, 0.6) is 0 Å². The Bertz CT molecular complexity index is 459. The van der Waals surface area contributed by atoms with E-state index in [1.165, 1.54) is 12.8 Å². The first-order valence-corrected chi connectivity index (χ1v) is 7.87. The Labute approximate surface area is 124 Å². The van der Waals surface area contributed by atoms with E-state index in [0.29, 0.717) is 38.5 Å². The van der Waals surface area contributed by atoms with Crippen LogP contribution in [0.3, 0.4) is 0 Å². The van der Waals surface area contributed by atoms with E-state index >= 15 is 0 Å². The molecule has 0 spiro atoms. The molecule has 21 heavy (non-hydrogen) atoms. The number of carbonyl (C=O) groups is 3. The topological polar surface area (TPSA) is 77.9 Å². The van der Waals surface area contributed by atoms with E-state index in [9.17, 15) is 14.4 Å². The number of rotatable bonds is 3. The van der Waals surface area contributed by atoms with Gasteiger partial charge in [0.2, 0.25) is 11.8 Å². The highest BCUT2D eigenvalue weighted by molar-refractivity contribution is 5.90. The van der Waals surface area contributed by atoms with Gasteiger partial charge in [0.25, 0.3) is 0 Å². The van der Waals surface area contributed by atoms with Crippen molar-refractivity contribution in [2.24, 2.45) is 11.8 Å². The first kappa shape index (κ1) is 14.4. The number of aliphatic carboxylic acids is 1. The predicted octanol–water partition coefficient (Wildman–Crippen LogP) is 0.711. The number of hydrogen-bond acceptors (Lipinski definition) is 3. The maximum Gasteiger partial charge on any atom is 0.308 e. The maximum atomic E-state index is 12.5. The van der Waals surface area contributed by atoms with Crippen molar-refractivity contribution in [2.45, 2.75) is 44.6 Å². The Morgan fingerprint density at radius 2 is 1.76 bits per heavy atom. The molecule has 3 rings (SSSR count). The summed E-state index contributed by atoms with van der Waals surface area (Å²) < 4.78 is 0. The number of carboxylic acids is 1. The van der Waals surface area contributed by atoms with Crippen LogP contribution in [0, 0.1) is 11.8 Å². The van der Waals surface area contributed by atoms with Crippen molar-refractivity contribution in [3.63, 3.8) is 0 Å². The Hall–Kier alpha value is -1.59. The van der Waals surface area contributed by atoms with Crippen molar-refractivity contribution in [3.8, 4) is 0 Å². The molecule has 3 fully saturated rings. The highest BCUT2D eigenvalue weighted by Gasteiger charge is 2.42. The highest BCUT2D eigenvalue weighted by Crippen LogP contribution is 2.31. The lowest BCUT2D eigenvalue weighted by molar-refractivity contribution is -0.141. The van der Waals surface area contributed by atoms with Crippen LogP contribution in [0.2, 0.25) is 0 Å². The average molecular weight is 294 g/mol. The quantitative estimate of drug-likeness (QED) is 0.831. The molecule has 1 N–H and O–H groups in total. The molecule has 3 aliphatic rings. The number of hydrogen-bond donors (Lipinski definition) is 1. The third-order valence-electron chi connectivity index (χ3n) is 5.12. The van der Waals surface area contributed by atoms with Gasteiger partial charge in [-0.1, -0.05) is 12.8 Å². The second-order valence-corrected chi connectivity index (χ2v) is 6.49. The molecule has 2 heterocycles. The molecule has 6 nitrogen and oxygen atoms in total. The van der Waals surface area contributed by atoms with Gasteiger partial charge in [0.05, 0.1) is 11.8 Å². The van der Waals surface area contributed by atoms with E-state index in [1.807, 2.05) is 4.90 Å². The van der Waals surface area contributed by atoms with Gasteiger partial charge >= 0.3 is 5.97 Å². The lowest BCUT2D eigenvalue weighted by Gasteiger charge is -2.25. The molecule has 2 saturated heterocycles. The van der Waals surface area contributed by atoms with Crippen molar-refractivity contribution in [1.29, 1.82) is 0 Å². The van der Waals surface area contributed by atoms with Gasteiger partial charge in [-0.3, -0.25) is 14.4 Å². The van der Waals surface area contributed by atoms with Gasteiger partial charge in [-0.25, -0.2) is 0 Å². The van der Waals surface area contributed by atoms with Gasteiger partial charge in [0.1, 0.15) is 0 Å². The van der Waals surface area contributed by atoms with Crippen LogP contribution in [0.1, 0.15) is 38.5 Å². The van der Waals surface area contributed by atoms with Gasteiger partial charge in [0.15, 0.2) is 0 Å². The Morgan fingerprint density at radius 3 is 2.38 bits per heavy atom. The van der Waals surface area contributed by atoms with Gasteiger partial charge in [-0.2, -0.15) is 0 Å². The summed E-state index contributed by atoms with van der Waals surface area (Å²) in [6.07, 6.45) is 5.26. The van der Waals surface area contributed by atoms with Crippen molar-refractivity contribution >= 4 is 17.8 Å². The number of carboxylic acid groups (broad SMARTS) is 1. The molecule has 2 atom stereocenters. The molecule has 116 valence electrons. The first-order chi connectivity index (χ1) is 10.1. The number of likely N-dealkylation sites (tertiary alicyclic amines) is 2. The zero-order valence-electron chi connectivity index (χ0n) is 12.2. The normalized spacial score (nSPS) is 30.4. The van der Waals surface area contributed by atoms with Crippen LogP contribution in [-0.4, -0.2) is 58.4 Å². The van der Waals surface area contributed by atoms with Crippen LogP contribution in [0.4, 0.5) is 0 Å². The zero-order chi connectivity index (χ0) is 15.0. The maximum absolute atomic E-state index is 12.5. The summed E-state index contributed by atoms with van der Waals surface area (Å²) in [6, 6.07) is 0.320. The standard InChI is InChI=1S/C15H22N2O4/c18-13-7-11(9-17(13)12-3-1-2-4-12)14(19)16-6-5-10(8-16)15(20)21/h10-12H,1-9H2,(H,20,21)/t10-,11-/m0/s1. The lowest BCUT2D eigenvalue weighted by atomic mass is 10.1. The molecule has 0 aromatic rings. The SMILES string of the molecule is O=C(O)[C@H]1CCN(C(=O)[C@H]2CC(=O)N(C3CCCC3)C2)C1. The summed E-state index contributed by atoms with van der Waals surface area (Å²) in [4.78, 5) is 39.1. The fraction of sp³-hybridized carbons (Fsp3) is 0.800. The smallest absolute Gasteiger partial charge is 0.308 e. The number of carbonyl (C=O) groups excluding carboxylic acids is 2. The summed E-state index contributed by atoms with van der Waals surface area (Å²) in [5, 5.41) is 9.01. The molecule has 2 amide bonds. The Morgan fingerprint density at radius 1 is 1.05 bits per heavy atom. The summed E-state index contributed by atoms with van der Waals surface area (Å²) in [6.45, 7) is 1.32. The summed E-state index contributed by atoms with van der Waals surface area (Å²) >= 11 is 0. The molecular weight excluding hydrogens is 272 g/mol. The first-order valence-electron chi connectivity index (χ1n) is 7.87. The van der Waals surface area contributed by atoms with Crippen LogP contribution in [-0.2, 0) is 14.4 Å². The van der Waals surface area contributed by atoms with E-state index in [4.69, 9.17) is 5.11 Å². The van der Waals surface area contributed by atoms with Crippen molar-refractivity contribution in [3.05, 3.63) is 0 Å². The fourth-order valence-electron chi connectivity index (χ4n) is 3.89. The van der Waals surface area contributed by atoms with Crippen LogP contribution in [0.25, 0.3) is 0 Å². The fourth-order valence-corrected chi connectivity index (χ4v) is 3.89. The van der Waals surface area contributed by atoms with Crippen molar-refractivity contribution in [2.75, 3.05) is 19.6 Å². The van der Waals surface area contributed by atoms with E-state index in [1.54, 1.807) is 4.90 Å². The minimum absolute atomic E-state index is 0.0346. The van der Waals surface area contributed by atoms with Crippen LogP contribution < -0.4 is 0 Å². The van der Waals surface area contributed by atoms with Crippen LogP contribution >= 0.6 is 0 Å². The van der Waals surface area contributed by atoms with Crippen molar-refractivity contribution < 1.29 is 19.5 Å². The third kappa shape index (κ3) is 2.76. The van der Waals surface area contributed by atoms with E-state index in [0.717, 1.165) is 12.8 Å². The average Bonchev–Trinajstić information content (AvgIpc) is 3.18. The molecule has 0 aromatic heterocycles. The molecule has 0 radical (unpaired) electrons. The van der Waals surface area contributed by atoms with E-state index in [2.05, 4.69) is 0 Å². The Balaban J connectivity index is 1.59. The Kier molecular flexibility index (Phi) is 3.87. The summed E-state index contributed by atoms with van der Waals surface area (Å²) in [7, 11) is 0. The van der Waals surface area contributed by atoms with Gasteiger partial charge < -0.3 is 14.9 Å². The monoisotopic (exact) mass is 294 g/mol. The second kappa shape index (κ2) is 5.66. The highest BCUT2D eigenvalue weighted by atomic mass is 16.4. The molecule has 1 aliphatic carbocycles. The third-order valence-corrected chi connectivity index (χ3v) is 5.12. The predicted molar refractivity (Wildman–Crippen MR) is 74.4 cm³/mol. The minimum atomic E-state index is -0.833. The molecule has 6 heteroatoms. The largest absolute Gasteiger partial charge is 0.481 e. The number of amides is 2. The second-order valence-electron chi connectivity index (χ2n) is 6.49. The van der Waals surface area contributed by atoms with Gasteiger partial charge in [-0.15, -0.1) is 0 Å². The van der Waals surface area contributed by atoms with Gasteiger partial charge in [-0.05, 0) is 19.3 Å². The van der Waals surface area contributed by atoms with Crippen LogP contribution in [0.15, 0.2) is 0 Å². The number of nitrogens with zero attached hydrogens (tertiary/aromatic N) is 2. The summed E-state index contributed by atoms with van der Waals surface area (Å²) in [5.74, 6) is -1.50.